The third kappa shape index (κ3) is 3.23. The zero-order chi connectivity index (χ0) is 18.4. The SMILES string of the molecule is O=C(Nc1ccccc1NC12CC3CC(CC(C3)C1)C2)c1ccccc1Cl. The number of nitrogens with one attached hydrogen (secondary N) is 2. The molecule has 0 radical (unpaired) electrons. The summed E-state index contributed by atoms with van der Waals surface area (Å²) in [5.41, 5.74) is 2.57. The van der Waals surface area contributed by atoms with Crippen LogP contribution in [0.2, 0.25) is 5.02 Å². The first kappa shape index (κ1) is 17.1. The average molecular weight is 381 g/mol. The van der Waals surface area contributed by atoms with Gasteiger partial charge in [0.1, 0.15) is 0 Å². The first-order valence-corrected chi connectivity index (χ1v) is 10.4. The second-order valence-corrected chi connectivity index (χ2v) is 9.21. The quantitative estimate of drug-likeness (QED) is 0.685. The number of benzene rings is 2. The van der Waals surface area contributed by atoms with E-state index in [0.717, 1.165) is 29.1 Å². The minimum Gasteiger partial charge on any atom is -0.378 e. The third-order valence-electron chi connectivity index (χ3n) is 6.73. The Morgan fingerprint density at radius 1 is 0.852 bits per heavy atom. The summed E-state index contributed by atoms with van der Waals surface area (Å²) in [4.78, 5) is 12.7. The van der Waals surface area contributed by atoms with Crippen molar-refractivity contribution in [2.75, 3.05) is 10.6 Å². The van der Waals surface area contributed by atoms with Gasteiger partial charge in [0.25, 0.3) is 5.91 Å². The van der Waals surface area contributed by atoms with Crippen molar-refractivity contribution in [3.63, 3.8) is 0 Å². The minimum absolute atomic E-state index is 0.166. The third-order valence-corrected chi connectivity index (χ3v) is 7.06. The molecule has 2 aromatic rings. The van der Waals surface area contributed by atoms with Gasteiger partial charge in [-0.2, -0.15) is 0 Å². The summed E-state index contributed by atoms with van der Waals surface area (Å²) in [6.45, 7) is 0. The Bertz CT molecular complexity index is 843. The van der Waals surface area contributed by atoms with Crippen molar-refractivity contribution < 1.29 is 4.79 Å². The number of hydrogen-bond donors (Lipinski definition) is 2. The molecule has 0 unspecified atom stereocenters. The highest BCUT2D eigenvalue weighted by Gasteiger charge is 2.51. The molecule has 2 N–H and O–H groups in total. The van der Waals surface area contributed by atoms with Crippen LogP contribution in [0.5, 0.6) is 0 Å². The van der Waals surface area contributed by atoms with E-state index in [9.17, 15) is 4.79 Å². The molecule has 4 fully saturated rings. The van der Waals surface area contributed by atoms with E-state index in [0.29, 0.717) is 10.6 Å². The minimum atomic E-state index is -0.166. The molecule has 0 saturated heterocycles. The largest absolute Gasteiger partial charge is 0.378 e. The molecule has 0 spiro atoms. The Balaban J connectivity index is 1.39. The number of halogens is 1. The fourth-order valence-electron chi connectivity index (χ4n) is 6.09. The van der Waals surface area contributed by atoms with Crippen molar-refractivity contribution in [3.8, 4) is 0 Å². The van der Waals surface area contributed by atoms with Crippen LogP contribution in [0.3, 0.4) is 0 Å². The van der Waals surface area contributed by atoms with E-state index in [2.05, 4.69) is 16.7 Å². The Morgan fingerprint density at radius 3 is 2.04 bits per heavy atom. The van der Waals surface area contributed by atoms with Crippen LogP contribution in [0.4, 0.5) is 11.4 Å². The number of para-hydroxylation sites is 2. The molecule has 4 bridgehead atoms. The summed E-state index contributed by atoms with van der Waals surface area (Å²) in [6.07, 6.45) is 8.08. The van der Waals surface area contributed by atoms with Crippen LogP contribution in [0.1, 0.15) is 48.9 Å². The van der Waals surface area contributed by atoms with Crippen molar-refractivity contribution in [1.29, 1.82) is 0 Å². The number of carbonyl (C=O) groups is 1. The molecule has 4 heteroatoms. The predicted octanol–water partition coefficient (Wildman–Crippen LogP) is 5.97. The maximum Gasteiger partial charge on any atom is 0.257 e. The van der Waals surface area contributed by atoms with Crippen molar-refractivity contribution in [2.24, 2.45) is 17.8 Å². The standard InChI is InChI=1S/C23H25ClN2O/c24-19-6-2-1-5-18(19)22(27)25-20-7-3-4-8-21(20)26-23-12-15-9-16(13-23)11-17(10-15)14-23/h1-8,15-17,26H,9-14H2,(H,25,27). The van der Waals surface area contributed by atoms with Gasteiger partial charge in [-0.15, -0.1) is 0 Å². The smallest absolute Gasteiger partial charge is 0.257 e. The molecule has 2 aromatic carbocycles. The molecule has 0 atom stereocenters. The number of hydrogen-bond acceptors (Lipinski definition) is 2. The van der Waals surface area contributed by atoms with E-state index >= 15 is 0 Å². The maximum absolute atomic E-state index is 12.7. The van der Waals surface area contributed by atoms with Gasteiger partial charge in [0.05, 0.1) is 22.0 Å². The van der Waals surface area contributed by atoms with E-state index < -0.39 is 0 Å². The Hall–Kier alpha value is -2.00. The summed E-state index contributed by atoms with van der Waals surface area (Å²) in [7, 11) is 0. The first-order chi connectivity index (χ1) is 13.1. The summed E-state index contributed by atoms with van der Waals surface area (Å²) in [6, 6.07) is 15.2. The topological polar surface area (TPSA) is 41.1 Å². The molecule has 3 nitrogen and oxygen atoms in total. The molecule has 4 saturated carbocycles. The van der Waals surface area contributed by atoms with Crippen molar-refractivity contribution >= 4 is 28.9 Å². The number of rotatable bonds is 4. The van der Waals surface area contributed by atoms with Crippen LogP contribution in [0.15, 0.2) is 48.5 Å². The Labute approximate surface area is 165 Å². The van der Waals surface area contributed by atoms with Gasteiger partial charge in [-0.05, 0) is 80.5 Å². The molecular weight excluding hydrogens is 356 g/mol. The van der Waals surface area contributed by atoms with E-state index in [4.69, 9.17) is 11.6 Å². The Morgan fingerprint density at radius 2 is 1.41 bits per heavy atom. The molecule has 0 aliphatic heterocycles. The fraction of sp³-hybridized carbons (Fsp3) is 0.435. The van der Waals surface area contributed by atoms with Gasteiger partial charge in [-0.3, -0.25) is 4.79 Å². The lowest BCUT2D eigenvalue weighted by molar-refractivity contribution is 0.0107. The molecule has 0 heterocycles. The van der Waals surface area contributed by atoms with Gasteiger partial charge < -0.3 is 10.6 Å². The number of carbonyl (C=O) groups excluding carboxylic acids is 1. The first-order valence-electron chi connectivity index (χ1n) is 10.0. The predicted molar refractivity (Wildman–Crippen MR) is 110 cm³/mol. The van der Waals surface area contributed by atoms with E-state index in [1.54, 1.807) is 12.1 Å². The molecule has 27 heavy (non-hydrogen) atoms. The maximum atomic E-state index is 12.7. The van der Waals surface area contributed by atoms with Gasteiger partial charge >= 0.3 is 0 Å². The molecule has 6 rings (SSSR count). The molecule has 4 aliphatic carbocycles. The normalized spacial score (nSPS) is 30.9. The molecule has 0 aromatic heterocycles. The van der Waals surface area contributed by atoms with Crippen LogP contribution >= 0.6 is 11.6 Å². The van der Waals surface area contributed by atoms with E-state index in [1.807, 2.05) is 30.3 Å². The van der Waals surface area contributed by atoms with Crippen LogP contribution in [0.25, 0.3) is 0 Å². The summed E-state index contributed by atoms with van der Waals surface area (Å²) < 4.78 is 0. The lowest BCUT2D eigenvalue weighted by Gasteiger charge is -2.57. The number of anilines is 2. The average Bonchev–Trinajstić information content (AvgIpc) is 2.62. The van der Waals surface area contributed by atoms with E-state index in [-0.39, 0.29) is 11.4 Å². The van der Waals surface area contributed by atoms with Gasteiger partial charge in [-0.25, -0.2) is 0 Å². The molecule has 140 valence electrons. The van der Waals surface area contributed by atoms with Crippen LogP contribution in [-0.2, 0) is 0 Å². The lowest BCUT2D eigenvalue weighted by Crippen LogP contribution is -2.54. The zero-order valence-corrected chi connectivity index (χ0v) is 16.1. The fourth-order valence-corrected chi connectivity index (χ4v) is 6.31. The highest BCUT2D eigenvalue weighted by Crippen LogP contribution is 2.56. The van der Waals surface area contributed by atoms with Gasteiger partial charge in [0, 0.05) is 5.54 Å². The van der Waals surface area contributed by atoms with E-state index in [1.165, 1.54) is 38.5 Å². The van der Waals surface area contributed by atoms with Crippen molar-refractivity contribution in [3.05, 3.63) is 59.1 Å². The van der Waals surface area contributed by atoms with Gasteiger partial charge in [0.15, 0.2) is 0 Å². The zero-order valence-electron chi connectivity index (χ0n) is 15.4. The van der Waals surface area contributed by atoms with Crippen LogP contribution in [-0.4, -0.2) is 11.4 Å². The second kappa shape index (κ2) is 6.56. The lowest BCUT2D eigenvalue weighted by atomic mass is 9.53. The molecule has 1 amide bonds. The summed E-state index contributed by atoms with van der Waals surface area (Å²) in [5.74, 6) is 2.48. The highest BCUT2D eigenvalue weighted by molar-refractivity contribution is 6.34. The van der Waals surface area contributed by atoms with Gasteiger partial charge in [-0.1, -0.05) is 35.9 Å². The van der Waals surface area contributed by atoms with Crippen LogP contribution in [0, 0.1) is 17.8 Å². The van der Waals surface area contributed by atoms with Crippen LogP contribution < -0.4 is 10.6 Å². The number of amides is 1. The second-order valence-electron chi connectivity index (χ2n) is 8.80. The van der Waals surface area contributed by atoms with Gasteiger partial charge in [0.2, 0.25) is 0 Å². The molecular formula is C23H25ClN2O. The highest BCUT2D eigenvalue weighted by atomic mass is 35.5. The summed E-state index contributed by atoms with van der Waals surface area (Å²) >= 11 is 6.19. The van der Waals surface area contributed by atoms with Crippen molar-refractivity contribution in [2.45, 2.75) is 44.1 Å². The van der Waals surface area contributed by atoms with Crippen molar-refractivity contribution in [1.82, 2.24) is 0 Å². The molecule has 4 aliphatic rings. The Kier molecular flexibility index (Phi) is 4.16. The monoisotopic (exact) mass is 380 g/mol. The summed E-state index contributed by atoms with van der Waals surface area (Å²) in [5, 5.41) is 7.42.